The van der Waals surface area contributed by atoms with Crippen LogP contribution in [0.2, 0.25) is 0 Å². The summed E-state index contributed by atoms with van der Waals surface area (Å²) in [6, 6.07) is 3.68. The van der Waals surface area contributed by atoms with Crippen molar-refractivity contribution in [2.75, 3.05) is 14.2 Å². The number of rotatable bonds is 7. The van der Waals surface area contributed by atoms with Gasteiger partial charge in [0, 0.05) is 29.9 Å². The van der Waals surface area contributed by atoms with Crippen LogP contribution in [0.25, 0.3) is 21.9 Å². The smallest absolute Gasteiger partial charge is 0.330 e. The average molecular weight is 584 g/mol. The maximum atomic E-state index is 12.7. The van der Waals surface area contributed by atoms with Gasteiger partial charge in [0.05, 0.1) is 18.8 Å². The Labute approximate surface area is 207 Å². The molecule has 9 nitrogen and oxygen atoms in total. The molecule has 1 atom stereocenters. The molecule has 0 fully saturated rings. The summed E-state index contributed by atoms with van der Waals surface area (Å²) in [5, 5.41) is 0.911. The van der Waals surface area contributed by atoms with Crippen LogP contribution in [-0.4, -0.2) is 38.3 Å². The van der Waals surface area contributed by atoms with E-state index < -0.39 is 16.6 Å². The van der Waals surface area contributed by atoms with Crippen molar-refractivity contribution < 1.29 is 9.47 Å². The predicted molar refractivity (Wildman–Crippen MR) is 136 cm³/mol. The van der Waals surface area contributed by atoms with Crippen molar-refractivity contribution in [3.8, 4) is 11.5 Å². The van der Waals surface area contributed by atoms with Crippen LogP contribution in [-0.2, 0) is 11.1 Å². The number of methoxy groups -OCH3 is 2. The number of imidazole rings is 1. The van der Waals surface area contributed by atoms with E-state index in [-0.39, 0.29) is 5.92 Å². The van der Waals surface area contributed by atoms with Gasteiger partial charge in [0.15, 0.2) is 22.7 Å². The molecule has 0 radical (unpaired) electrons. The molecule has 3 heterocycles. The second kappa shape index (κ2) is 9.34. The number of halogens is 2. The number of ether oxygens (including phenoxy) is 2. The summed E-state index contributed by atoms with van der Waals surface area (Å²) in [7, 11) is 3.14. The molecule has 0 aliphatic heterocycles. The largest absolute Gasteiger partial charge is 0.493 e. The number of H-pyrrole nitrogens is 1. The van der Waals surface area contributed by atoms with E-state index in [9.17, 15) is 9.59 Å². The number of nitrogens with zero attached hydrogens (tertiary/aromatic N) is 4. The maximum Gasteiger partial charge on any atom is 0.330 e. The van der Waals surface area contributed by atoms with Crippen molar-refractivity contribution >= 4 is 56.1 Å². The third kappa shape index (κ3) is 4.10. The first-order valence-corrected chi connectivity index (χ1v) is 12.2. The summed E-state index contributed by atoms with van der Waals surface area (Å²) >= 11 is 9.14. The minimum Gasteiger partial charge on any atom is -0.493 e. The molecule has 1 N–H and O–H groups in total. The molecule has 11 heteroatoms. The van der Waals surface area contributed by atoms with Crippen molar-refractivity contribution in [3.05, 3.63) is 56.8 Å². The highest BCUT2D eigenvalue weighted by Crippen LogP contribution is 2.38. The van der Waals surface area contributed by atoms with Crippen LogP contribution in [0.5, 0.6) is 11.5 Å². The number of hydrogen-bond acceptors (Lipinski definition) is 6. The highest BCUT2D eigenvalue weighted by atomic mass is 127. The van der Waals surface area contributed by atoms with Crippen molar-refractivity contribution in [1.29, 1.82) is 0 Å². The van der Waals surface area contributed by atoms with Crippen LogP contribution in [0.3, 0.4) is 0 Å². The van der Waals surface area contributed by atoms with E-state index in [4.69, 9.17) is 26.1 Å². The average Bonchev–Trinajstić information content (AvgIpc) is 3.19. The number of alkyl halides is 2. The summed E-state index contributed by atoms with van der Waals surface area (Å²) in [6.07, 6.45) is 3.39. The Morgan fingerprint density at radius 2 is 1.82 bits per heavy atom. The summed E-state index contributed by atoms with van der Waals surface area (Å²) in [6.45, 7) is 4.41. The van der Waals surface area contributed by atoms with Gasteiger partial charge in [-0.3, -0.25) is 19.3 Å². The fourth-order valence-electron chi connectivity index (χ4n) is 3.90. The second-order valence-corrected chi connectivity index (χ2v) is 9.09. The highest BCUT2D eigenvalue weighted by Gasteiger charge is 2.26. The van der Waals surface area contributed by atoms with E-state index in [0.717, 1.165) is 10.8 Å². The van der Waals surface area contributed by atoms with E-state index in [0.29, 0.717) is 45.1 Å². The molecule has 0 bridgehead atoms. The highest BCUT2D eigenvalue weighted by molar-refractivity contribution is 14.1. The number of benzene rings is 1. The van der Waals surface area contributed by atoms with Crippen molar-refractivity contribution in [3.63, 3.8) is 0 Å². The fraction of sp³-hybridized carbons (Fsp3) is 0.364. The maximum absolute atomic E-state index is 12.7. The van der Waals surface area contributed by atoms with Gasteiger partial charge in [0.1, 0.15) is 11.2 Å². The number of aromatic amines is 1. The lowest BCUT2D eigenvalue weighted by atomic mass is 10.0. The lowest BCUT2D eigenvalue weighted by Crippen LogP contribution is -2.32. The fourth-order valence-corrected chi connectivity index (χ4v) is 4.93. The van der Waals surface area contributed by atoms with Crippen LogP contribution >= 0.6 is 34.2 Å². The second-order valence-electron chi connectivity index (χ2n) is 7.97. The Hall–Kier alpha value is -2.60. The van der Waals surface area contributed by atoms with Gasteiger partial charge in [-0.15, -0.1) is 11.6 Å². The number of fused-ring (bicyclic) bond motifs is 2. The standard InChI is InChI=1S/C22H23ClIN5O4/c1-11(2)9-28-20-18(21(30)27-22(28)31)29(10-24)19(26-20)17(23)14-8-25-7-12-5-15(32-3)16(33-4)6-13(12)14/h5-8,11,17H,9-10H2,1-4H3,(H,27,30,31). The molecule has 0 amide bonds. The molecule has 1 aromatic carbocycles. The summed E-state index contributed by atoms with van der Waals surface area (Å²) in [5.74, 6) is 1.78. The molecule has 4 aromatic rings. The monoisotopic (exact) mass is 583 g/mol. The lowest BCUT2D eigenvalue weighted by Gasteiger charge is -2.15. The Morgan fingerprint density at radius 1 is 1.12 bits per heavy atom. The summed E-state index contributed by atoms with van der Waals surface area (Å²) < 4.78 is 14.5. The quantitative estimate of drug-likeness (QED) is 0.262. The number of aromatic nitrogens is 5. The molecular weight excluding hydrogens is 561 g/mol. The van der Waals surface area contributed by atoms with Crippen LogP contribution in [0.1, 0.15) is 30.6 Å². The zero-order chi connectivity index (χ0) is 23.9. The summed E-state index contributed by atoms with van der Waals surface area (Å²) in [4.78, 5) is 36.7. The zero-order valence-electron chi connectivity index (χ0n) is 18.6. The SMILES string of the molecule is COc1cc2cncc(C(Cl)c3nc4c(c(=O)[nH]c(=O)n4CC(C)C)n3CI)c2cc1OC. The zero-order valence-corrected chi connectivity index (χ0v) is 21.5. The van der Waals surface area contributed by atoms with Crippen LogP contribution in [0.4, 0.5) is 0 Å². The number of hydrogen-bond donors (Lipinski definition) is 1. The first-order valence-electron chi connectivity index (χ1n) is 10.2. The molecular formula is C22H23ClIN5O4. The van der Waals surface area contributed by atoms with Gasteiger partial charge >= 0.3 is 5.69 Å². The third-order valence-corrected chi connectivity index (χ3v) is 6.49. The Kier molecular flexibility index (Phi) is 6.66. The Bertz CT molecular complexity index is 1460. The van der Waals surface area contributed by atoms with Crippen LogP contribution in [0, 0.1) is 5.92 Å². The van der Waals surface area contributed by atoms with Crippen LogP contribution < -0.4 is 20.7 Å². The normalized spacial score (nSPS) is 12.6. The van der Waals surface area contributed by atoms with Crippen molar-refractivity contribution in [2.45, 2.75) is 30.3 Å². The van der Waals surface area contributed by atoms with E-state index >= 15 is 0 Å². The molecule has 0 saturated heterocycles. The Balaban J connectivity index is 1.98. The van der Waals surface area contributed by atoms with Gasteiger partial charge < -0.3 is 14.0 Å². The summed E-state index contributed by atoms with van der Waals surface area (Å²) in [5.41, 5.74) is 0.364. The third-order valence-electron chi connectivity index (χ3n) is 5.38. The Morgan fingerprint density at radius 3 is 2.45 bits per heavy atom. The molecule has 0 saturated carbocycles. The van der Waals surface area contributed by atoms with Gasteiger partial charge in [0.25, 0.3) is 5.56 Å². The number of pyridine rings is 1. The first kappa shape index (κ1) is 23.6. The van der Waals surface area contributed by atoms with Crippen LogP contribution in [0.15, 0.2) is 34.1 Å². The minimum absolute atomic E-state index is 0.182. The van der Waals surface area contributed by atoms with Gasteiger partial charge in [-0.05, 0) is 23.4 Å². The first-order chi connectivity index (χ1) is 15.8. The van der Waals surface area contributed by atoms with Gasteiger partial charge in [-0.1, -0.05) is 36.4 Å². The van der Waals surface area contributed by atoms with E-state index in [1.165, 1.54) is 4.57 Å². The van der Waals surface area contributed by atoms with Gasteiger partial charge in [-0.2, -0.15) is 0 Å². The van der Waals surface area contributed by atoms with Gasteiger partial charge in [0.2, 0.25) is 0 Å². The topological polar surface area (TPSA) is 104 Å². The molecule has 33 heavy (non-hydrogen) atoms. The van der Waals surface area contributed by atoms with Crippen molar-refractivity contribution in [1.82, 2.24) is 24.1 Å². The van der Waals surface area contributed by atoms with E-state index in [2.05, 4.69) is 32.6 Å². The molecule has 3 aromatic heterocycles. The van der Waals surface area contributed by atoms with Gasteiger partial charge in [-0.25, -0.2) is 9.78 Å². The molecule has 0 aliphatic rings. The molecule has 0 aliphatic carbocycles. The minimum atomic E-state index is -0.733. The van der Waals surface area contributed by atoms with Crippen molar-refractivity contribution in [2.24, 2.45) is 5.92 Å². The van der Waals surface area contributed by atoms with E-state index in [1.807, 2.05) is 26.0 Å². The molecule has 1 unspecified atom stereocenters. The van der Waals surface area contributed by atoms with E-state index in [1.54, 1.807) is 31.2 Å². The predicted octanol–water partition coefficient (Wildman–Crippen LogP) is 3.83. The molecule has 174 valence electrons. The number of nitrogens with one attached hydrogen (secondary N) is 1. The molecule has 0 spiro atoms. The molecule has 4 rings (SSSR count). The lowest BCUT2D eigenvalue weighted by molar-refractivity contribution is 0.356.